The largest absolute Gasteiger partial charge is 0.388 e. The SMILES string of the molecule is CCC1CC(O)(C2NCCc3ccccc32)CCO1. The third kappa shape index (κ3) is 2.42. The van der Waals surface area contributed by atoms with Crippen LogP contribution in [-0.4, -0.2) is 30.0 Å². The summed E-state index contributed by atoms with van der Waals surface area (Å²) in [6, 6.07) is 8.54. The summed E-state index contributed by atoms with van der Waals surface area (Å²) >= 11 is 0. The normalized spacial score (nSPS) is 34.8. The van der Waals surface area contributed by atoms with E-state index in [1.54, 1.807) is 0 Å². The van der Waals surface area contributed by atoms with Gasteiger partial charge in [-0.05, 0) is 30.5 Å². The first-order valence-electron chi connectivity index (χ1n) is 7.38. The molecule has 19 heavy (non-hydrogen) atoms. The van der Waals surface area contributed by atoms with Crippen LogP contribution >= 0.6 is 0 Å². The van der Waals surface area contributed by atoms with Gasteiger partial charge in [-0.1, -0.05) is 31.2 Å². The molecule has 3 heteroatoms. The fourth-order valence-electron chi connectivity index (χ4n) is 3.47. The first kappa shape index (κ1) is 13.1. The molecule has 0 radical (unpaired) electrons. The highest BCUT2D eigenvalue weighted by Gasteiger charge is 2.43. The van der Waals surface area contributed by atoms with E-state index in [9.17, 15) is 5.11 Å². The molecule has 0 aromatic heterocycles. The van der Waals surface area contributed by atoms with Crippen molar-refractivity contribution in [3.63, 3.8) is 0 Å². The Bertz CT molecular complexity index is 448. The van der Waals surface area contributed by atoms with E-state index >= 15 is 0 Å². The highest BCUT2D eigenvalue weighted by atomic mass is 16.5. The molecule has 0 aliphatic carbocycles. The quantitative estimate of drug-likeness (QED) is 0.857. The Balaban J connectivity index is 1.89. The third-order valence-corrected chi connectivity index (χ3v) is 4.57. The van der Waals surface area contributed by atoms with Gasteiger partial charge in [-0.25, -0.2) is 0 Å². The van der Waals surface area contributed by atoms with Gasteiger partial charge in [-0.2, -0.15) is 0 Å². The van der Waals surface area contributed by atoms with Crippen molar-refractivity contribution in [3.05, 3.63) is 35.4 Å². The molecule has 1 fully saturated rings. The maximum absolute atomic E-state index is 11.1. The first-order valence-corrected chi connectivity index (χ1v) is 7.38. The van der Waals surface area contributed by atoms with Gasteiger partial charge < -0.3 is 15.2 Å². The molecule has 1 aromatic carbocycles. The highest BCUT2D eigenvalue weighted by molar-refractivity contribution is 5.34. The number of benzene rings is 1. The Morgan fingerprint density at radius 3 is 3.11 bits per heavy atom. The molecule has 3 rings (SSSR count). The Hall–Kier alpha value is -0.900. The van der Waals surface area contributed by atoms with Crippen LogP contribution in [0.3, 0.4) is 0 Å². The lowest BCUT2D eigenvalue weighted by atomic mass is 9.77. The van der Waals surface area contributed by atoms with Gasteiger partial charge in [0.2, 0.25) is 0 Å². The van der Waals surface area contributed by atoms with Crippen molar-refractivity contribution in [1.82, 2.24) is 5.32 Å². The summed E-state index contributed by atoms with van der Waals surface area (Å²) in [5.41, 5.74) is 1.97. The third-order valence-electron chi connectivity index (χ3n) is 4.57. The molecule has 1 saturated heterocycles. The minimum absolute atomic E-state index is 0.0513. The van der Waals surface area contributed by atoms with Gasteiger partial charge >= 0.3 is 0 Å². The summed E-state index contributed by atoms with van der Waals surface area (Å²) < 4.78 is 5.71. The minimum atomic E-state index is -0.671. The van der Waals surface area contributed by atoms with Crippen molar-refractivity contribution in [2.45, 2.75) is 50.4 Å². The molecule has 0 bridgehead atoms. The van der Waals surface area contributed by atoms with Crippen molar-refractivity contribution >= 4 is 0 Å². The highest BCUT2D eigenvalue weighted by Crippen LogP contribution is 2.39. The van der Waals surface area contributed by atoms with Crippen molar-refractivity contribution in [2.75, 3.05) is 13.2 Å². The van der Waals surface area contributed by atoms with E-state index < -0.39 is 5.60 Å². The predicted molar refractivity (Wildman–Crippen MR) is 75.1 cm³/mol. The molecule has 104 valence electrons. The summed E-state index contributed by atoms with van der Waals surface area (Å²) in [6.07, 6.45) is 3.66. The van der Waals surface area contributed by atoms with Crippen LogP contribution in [0.5, 0.6) is 0 Å². The molecule has 3 nitrogen and oxygen atoms in total. The molecule has 0 amide bonds. The molecule has 0 spiro atoms. The van der Waals surface area contributed by atoms with Gasteiger partial charge in [0, 0.05) is 19.4 Å². The predicted octanol–water partition coefficient (Wildman–Crippen LogP) is 2.19. The summed E-state index contributed by atoms with van der Waals surface area (Å²) in [4.78, 5) is 0. The minimum Gasteiger partial charge on any atom is -0.388 e. The summed E-state index contributed by atoms with van der Waals surface area (Å²) in [7, 11) is 0. The smallest absolute Gasteiger partial charge is 0.0888 e. The van der Waals surface area contributed by atoms with E-state index in [-0.39, 0.29) is 12.1 Å². The van der Waals surface area contributed by atoms with Crippen LogP contribution in [0.1, 0.15) is 43.4 Å². The Morgan fingerprint density at radius 1 is 1.42 bits per heavy atom. The van der Waals surface area contributed by atoms with E-state index in [1.165, 1.54) is 11.1 Å². The van der Waals surface area contributed by atoms with Gasteiger partial charge in [0.1, 0.15) is 0 Å². The van der Waals surface area contributed by atoms with Crippen LogP contribution in [0.25, 0.3) is 0 Å². The Labute approximate surface area is 115 Å². The van der Waals surface area contributed by atoms with Crippen LogP contribution < -0.4 is 5.32 Å². The molecule has 0 saturated carbocycles. The Morgan fingerprint density at radius 2 is 2.26 bits per heavy atom. The summed E-state index contributed by atoms with van der Waals surface area (Å²) in [5.74, 6) is 0. The second-order valence-electron chi connectivity index (χ2n) is 5.79. The lowest BCUT2D eigenvalue weighted by molar-refractivity contribution is -0.122. The van der Waals surface area contributed by atoms with Gasteiger partial charge in [-0.3, -0.25) is 0 Å². The van der Waals surface area contributed by atoms with Gasteiger partial charge in [-0.15, -0.1) is 0 Å². The van der Waals surface area contributed by atoms with Gasteiger partial charge in [0.05, 0.1) is 17.7 Å². The fourth-order valence-corrected chi connectivity index (χ4v) is 3.47. The van der Waals surface area contributed by atoms with Gasteiger partial charge in [0.15, 0.2) is 0 Å². The zero-order chi connectivity index (χ0) is 13.3. The molecule has 2 N–H and O–H groups in total. The fraction of sp³-hybridized carbons (Fsp3) is 0.625. The van der Waals surface area contributed by atoms with E-state index in [2.05, 4.69) is 36.5 Å². The van der Waals surface area contributed by atoms with Gasteiger partial charge in [0.25, 0.3) is 0 Å². The summed E-state index contributed by atoms with van der Waals surface area (Å²) in [6.45, 7) is 3.73. The van der Waals surface area contributed by atoms with Crippen LogP contribution in [0.2, 0.25) is 0 Å². The van der Waals surface area contributed by atoms with Crippen molar-refractivity contribution in [2.24, 2.45) is 0 Å². The lowest BCUT2D eigenvalue weighted by Gasteiger charge is -2.44. The van der Waals surface area contributed by atoms with Crippen LogP contribution in [-0.2, 0) is 11.2 Å². The van der Waals surface area contributed by atoms with Crippen LogP contribution in [0.15, 0.2) is 24.3 Å². The average Bonchev–Trinajstić information content (AvgIpc) is 2.46. The lowest BCUT2D eigenvalue weighted by Crippen LogP contribution is -2.52. The number of hydrogen-bond donors (Lipinski definition) is 2. The average molecular weight is 261 g/mol. The molecule has 2 heterocycles. The standard InChI is InChI=1S/C16H23NO2/c1-2-13-11-16(18,8-10-19-13)15-14-6-4-3-5-12(14)7-9-17-15/h3-6,13,15,17-18H,2,7-11H2,1H3. The second kappa shape index (κ2) is 5.23. The first-order chi connectivity index (χ1) is 9.23. The molecule has 3 atom stereocenters. The van der Waals surface area contributed by atoms with E-state index in [0.29, 0.717) is 6.61 Å². The number of nitrogens with one attached hydrogen (secondary N) is 1. The van der Waals surface area contributed by atoms with E-state index in [1.807, 2.05) is 0 Å². The maximum atomic E-state index is 11.1. The van der Waals surface area contributed by atoms with E-state index in [4.69, 9.17) is 4.74 Å². The van der Waals surface area contributed by atoms with Crippen molar-refractivity contribution < 1.29 is 9.84 Å². The maximum Gasteiger partial charge on any atom is 0.0888 e. The van der Waals surface area contributed by atoms with Crippen LogP contribution in [0.4, 0.5) is 0 Å². The topological polar surface area (TPSA) is 41.5 Å². The number of rotatable bonds is 2. The Kier molecular flexibility index (Phi) is 3.61. The molecule has 2 aliphatic heterocycles. The number of aliphatic hydroxyl groups is 1. The number of fused-ring (bicyclic) bond motifs is 1. The molecular formula is C16H23NO2. The zero-order valence-electron chi connectivity index (χ0n) is 11.6. The molecule has 2 aliphatic rings. The van der Waals surface area contributed by atoms with Crippen molar-refractivity contribution in [3.8, 4) is 0 Å². The molecule has 3 unspecified atom stereocenters. The summed E-state index contributed by atoms with van der Waals surface area (Å²) in [5, 5.41) is 14.6. The zero-order valence-corrected chi connectivity index (χ0v) is 11.6. The van der Waals surface area contributed by atoms with Crippen molar-refractivity contribution in [1.29, 1.82) is 0 Å². The van der Waals surface area contributed by atoms with Crippen LogP contribution in [0, 0.1) is 0 Å². The second-order valence-corrected chi connectivity index (χ2v) is 5.79. The monoisotopic (exact) mass is 261 g/mol. The molecular weight excluding hydrogens is 238 g/mol. The van der Waals surface area contributed by atoms with E-state index in [0.717, 1.165) is 32.2 Å². The number of hydrogen-bond acceptors (Lipinski definition) is 3. The number of ether oxygens (including phenoxy) is 1. The molecule has 1 aromatic rings.